The number of carbonyl (C=O) groups excluding carboxylic acids is 1. The molecule has 0 saturated heterocycles. The zero-order valence-corrected chi connectivity index (χ0v) is 9.95. The summed E-state index contributed by atoms with van der Waals surface area (Å²) < 4.78 is 0. The summed E-state index contributed by atoms with van der Waals surface area (Å²) in [4.78, 5) is 26.7. The SMILES string of the molecule is CC(C)C[C@H](NC(=O)c1cncs1)C(=O)O. The first-order valence-electron chi connectivity index (χ1n) is 4.93. The summed E-state index contributed by atoms with van der Waals surface area (Å²) in [5.74, 6) is -1.18. The highest BCUT2D eigenvalue weighted by atomic mass is 32.1. The summed E-state index contributed by atoms with van der Waals surface area (Å²) in [6, 6.07) is -0.838. The number of aromatic nitrogens is 1. The number of carboxylic acid groups (broad SMARTS) is 1. The van der Waals surface area contributed by atoms with Crippen LogP contribution in [0.25, 0.3) is 0 Å². The van der Waals surface area contributed by atoms with Gasteiger partial charge in [-0.1, -0.05) is 13.8 Å². The van der Waals surface area contributed by atoms with Gasteiger partial charge >= 0.3 is 5.97 Å². The highest BCUT2D eigenvalue weighted by molar-refractivity contribution is 7.11. The summed E-state index contributed by atoms with van der Waals surface area (Å²) in [6.45, 7) is 3.82. The molecule has 2 N–H and O–H groups in total. The fraction of sp³-hybridized carbons (Fsp3) is 0.500. The van der Waals surface area contributed by atoms with Crippen LogP contribution in [0.4, 0.5) is 0 Å². The van der Waals surface area contributed by atoms with Crippen molar-refractivity contribution >= 4 is 23.2 Å². The Balaban J connectivity index is 2.62. The van der Waals surface area contributed by atoms with E-state index in [0.717, 1.165) is 0 Å². The van der Waals surface area contributed by atoms with Gasteiger partial charge < -0.3 is 10.4 Å². The van der Waals surface area contributed by atoms with E-state index in [0.29, 0.717) is 11.3 Å². The molecule has 5 nitrogen and oxygen atoms in total. The van der Waals surface area contributed by atoms with E-state index in [1.54, 1.807) is 0 Å². The number of nitrogens with zero attached hydrogens (tertiary/aromatic N) is 1. The predicted molar refractivity (Wildman–Crippen MR) is 60.5 cm³/mol. The predicted octanol–water partition coefficient (Wildman–Crippen LogP) is 1.37. The average molecular weight is 242 g/mol. The number of aliphatic carboxylic acids is 1. The lowest BCUT2D eigenvalue weighted by Crippen LogP contribution is -2.41. The highest BCUT2D eigenvalue weighted by Gasteiger charge is 2.22. The van der Waals surface area contributed by atoms with Gasteiger partial charge in [-0.2, -0.15) is 0 Å². The minimum atomic E-state index is -1.01. The molecule has 0 unspecified atom stereocenters. The third-order valence-corrected chi connectivity index (χ3v) is 2.74. The van der Waals surface area contributed by atoms with E-state index in [1.807, 2.05) is 13.8 Å². The Morgan fingerprint density at radius 2 is 2.25 bits per heavy atom. The Bertz CT molecular complexity index is 362. The molecular formula is C10H14N2O3S. The van der Waals surface area contributed by atoms with Crippen molar-refractivity contribution in [3.05, 3.63) is 16.6 Å². The Morgan fingerprint density at radius 1 is 1.56 bits per heavy atom. The molecular weight excluding hydrogens is 228 g/mol. The number of amides is 1. The molecule has 0 spiro atoms. The van der Waals surface area contributed by atoms with Crippen molar-refractivity contribution in [2.45, 2.75) is 26.3 Å². The van der Waals surface area contributed by atoms with Gasteiger partial charge in [0, 0.05) is 0 Å². The van der Waals surface area contributed by atoms with Crippen molar-refractivity contribution in [1.82, 2.24) is 10.3 Å². The van der Waals surface area contributed by atoms with Crippen LogP contribution in [0.2, 0.25) is 0 Å². The third-order valence-electron chi connectivity index (χ3n) is 1.97. The standard InChI is InChI=1S/C10H14N2O3S/c1-6(2)3-7(10(14)15)12-9(13)8-4-11-5-16-8/h4-7H,3H2,1-2H3,(H,12,13)(H,14,15)/t7-/m0/s1. The van der Waals surface area contributed by atoms with Crippen LogP contribution < -0.4 is 5.32 Å². The quantitative estimate of drug-likeness (QED) is 0.817. The fourth-order valence-electron chi connectivity index (χ4n) is 1.25. The van der Waals surface area contributed by atoms with Gasteiger partial charge in [-0.15, -0.1) is 11.3 Å². The molecule has 0 aromatic carbocycles. The molecule has 0 aliphatic carbocycles. The van der Waals surface area contributed by atoms with Gasteiger partial charge in [0.2, 0.25) is 0 Å². The molecule has 1 aromatic rings. The van der Waals surface area contributed by atoms with Crippen LogP contribution in [-0.2, 0) is 4.79 Å². The third kappa shape index (κ3) is 3.62. The molecule has 1 rings (SSSR count). The number of carboxylic acids is 1. The van der Waals surface area contributed by atoms with Gasteiger partial charge in [-0.3, -0.25) is 9.78 Å². The maximum absolute atomic E-state index is 11.6. The van der Waals surface area contributed by atoms with Crippen molar-refractivity contribution in [1.29, 1.82) is 0 Å². The Labute approximate surface area is 97.5 Å². The smallest absolute Gasteiger partial charge is 0.326 e. The van der Waals surface area contributed by atoms with Gasteiger partial charge in [0.25, 0.3) is 5.91 Å². The van der Waals surface area contributed by atoms with Crippen molar-refractivity contribution < 1.29 is 14.7 Å². The van der Waals surface area contributed by atoms with Gasteiger partial charge in [-0.25, -0.2) is 4.79 Å². The van der Waals surface area contributed by atoms with Gasteiger partial charge in [-0.05, 0) is 12.3 Å². The largest absolute Gasteiger partial charge is 0.480 e. The van der Waals surface area contributed by atoms with E-state index < -0.39 is 12.0 Å². The lowest BCUT2D eigenvalue weighted by molar-refractivity contribution is -0.139. The molecule has 1 heterocycles. The van der Waals surface area contributed by atoms with Gasteiger partial charge in [0.1, 0.15) is 10.9 Å². The molecule has 0 fully saturated rings. The molecule has 0 saturated carbocycles. The molecule has 6 heteroatoms. The van der Waals surface area contributed by atoms with E-state index in [9.17, 15) is 9.59 Å². The lowest BCUT2D eigenvalue weighted by Gasteiger charge is -2.15. The normalized spacial score (nSPS) is 12.4. The summed E-state index contributed by atoms with van der Waals surface area (Å²) >= 11 is 1.19. The highest BCUT2D eigenvalue weighted by Crippen LogP contribution is 2.09. The number of rotatable bonds is 5. The molecule has 1 aromatic heterocycles. The first-order valence-corrected chi connectivity index (χ1v) is 5.80. The maximum atomic E-state index is 11.6. The molecule has 1 atom stereocenters. The zero-order chi connectivity index (χ0) is 12.1. The molecule has 0 aliphatic rings. The minimum absolute atomic E-state index is 0.211. The second-order valence-electron chi connectivity index (χ2n) is 3.86. The van der Waals surface area contributed by atoms with Crippen LogP contribution in [-0.4, -0.2) is 28.0 Å². The van der Waals surface area contributed by atoms with Crippen molar-refractivity contribution in [3.63, 3.8) is 0 Å². The summed E-state index contributed by atoms with van der Waals surface area (Å²) in [6.07, 6.45) is 1.84. The van der Waals surface area contributed by atoms with Crippen LogP contribution in [0, 0.1) is 5.92 Å². The zero-order valence-electron chi connectivity index (χ0n) is 9.14. The topological polar surface area (TPSA) is 79.3 Å². The van der Waals surface area contributed by atoms with Crippen molar-refractivity contribution in [3.8, 4) is 0 Å². The molecule has 1 amide bonds. The first-order chi connectivity index (χ1) is 7.50. The monoisotopic (exact) mass is 242 g/mol. The number of hydrogen-bond donors (Lipinski definition) is 2. The molecule has 0 aliphatic heterocycles. The van der Waals surface area contributed by atoms with E-state index in [-0.39, 0.29) is 11.8 Å². The number of nitrogens with one attached hydrogen (secondary N) is 1. The Kier molecular flexibility index (Phi) is 4.42. The van der Waals surface area contributed by atoms with Crippen LogP contribution in [0.1, 0.15) is 29.9 Å². The second kappa shape index (κ2) is 5.60. The molecule has 0 bridgehead atoms. The van der Waals surface area contributed by atoms with E-state index in [1.165, 1.54) is 23.0 Å². The molecule has 88 valence electrons. The minimum Gasteiger partial charge on any atom is -0.480 e. The number of thiazole rings is 1. The Hall–Kier alpha value is -1.43. The van der Waals surface area contributed by atoms with Crippen LogP contribution in [0.5, 0.6) is 0 Å². The van der Waals surface area contributed by atoms with E-state index >= 15 is 0 Å². The Morgan fingerprint density at radius 3 is 2.69 bits per heavy atom. The molecule has 16 heavy (non-hydrogen) atoms. The van der Waals surface area contributed by atoms with Gasteiger partial charge in [0.15, 0.2) is 0 Å². The average Bonchev–Trinajstić information content (AvgIpc) is 2.68. The number of hydrogen-bond acceptors (Lipinski definition) is 4. The second-order valence-corrected chi connectivity index (χ2v) is 4.75. The van der Waals surface area contributed by atoms with E-state index in [4.69, 9.17) is 5.11 Å². The number of carbonyl (C=O) groups is 2. The van der Waals surface area contributed by atoms with Crippen molar-refractivity contribution in [2.75, 3.05) is 0 Å². The van der Waals surface area contributed by atoms with Crippen LogP contribution >= 0.6 is 11.3 Å². The summed E-state index contributed by atoms with van der Waals surface area (Å²) in [5.41, 5.74) is 1.53. The van der Waals surface area contributed by atoms with Gasteiger partial charge in [0.05, 0.1) is 11.7 Å². The maximum Gasteiger partial charge on any atom is 0.326 e. The van der Waals surface area contributed by atoms with Crippen LogP contribution in [0.3, 0.4) is 0 Å². The van der Waals surface area contributed by atoms with Crippen molar-refractivity contribution in [2.24, 2.45) is 5.92 Å². The fourth-order valence-corrected chi connectivity index (χ4v) is 1.77. The summed E-state index contributed by atoms with van der Waals surface area (Å²) in [5, 5.41) is 11.4. The summed E-state index contributed by atoms with van der Waals surface area (Å²) in [7, 11) is 0. The lowest BCUT2D eigenvalue weighted by atomic mass is 10.0. The first kappa shape index (κ1) is 12.6. The molecule has 0 radical (unpaired) electrons. The van der Waals surface area contributed by atoms with Crippen LogP contribution in [0.15, 0.2) is 11.7 Å². The van der Waals surface area contributed by atoms with E-state index in [2.05, 4.69) is 10.3 Å².